The number of hydrogen-bond donors (Lipinski definition) is 3. The molecule has 378 valence electrons. The summed E-state index contributed by atoms with van der Waals surface area (Å²) in [5.74, 6) is -1.28. The van der Waals surface area contributed by atoms with Crippen LogP contribution in [0.3, 0.4) is 0 Å². The molecule has 0 spiro atoms. The molecule has 8 heteroatoms. The van der Waals surface area contributed by atoms with Gasteiger partial charge >= 0.3 is 17.9 Å². The van der Waals surface area contributed by atoms with Gasteiger partial charge < -0.3 is 25.0 Å². The monoisotopic (exact) mass is 906 g/mol. The third kappa shape index (κ3) is 41.7. The molecule has 1 rings (SSSR count). The third-order valence-electron chi connectivity index (χ3n) is 14.4. The highest BCUT2D eigenvalue weighted by Gasteiger charge is 2.27. The van der Waals surface area contributed by atoms with Crippen molar-refractivity contribution in [3.63, 3.8) is 0 Å². The molecule has 0 atom stereocenters. The van der Waals surface area contributed by atoms with E-state index in [1.165, 1.54) is 205 Å². The van der Waals surface area contributed by atoms with E-state index in [4.69, 9.17) is 14.9 Å². The number of aliphatic carboxylic acids is 2. The number of carboxylic acids is 2. The average molecular weight is 906 g/mol. The van der Waals surface area contributed by atoms with E-state index < -0.39 is 17.5 Å². The second-order valence-electron chi connectivity index (χ2n) is 20.6. The van der Waals surface area contributed by atoms with Crippen LogP contribution in [0, 0.1) is 5.92 Å². The predicted molar refractivity (Wildman–Crippen MR) is 269 cm³/mol. The maximum Gasteiger partial charge on any atom is 0.309 e. The first kappa shape index (κ1) is 60.3. The summed E-state index contributed by atoms with van der Waals surface area (Å²) in [5.41, 5.74) is -0.576. The smallest absolute Gasteiger partial charge is 0.309 e. The molecule has 1 fully saturated rings. The normalized spacial score (nSPS) is 13.8. The zero-order chi connectivity index (χ0) is 46.4. The first-order valence-corrected chi connectivity index (χ1v) is 28.2. The van der Waals surface area contributed by atoms with Crippen LogP contribution in [0.1, 0.15) is 302 Å². The number of rotatable bonds is 50. The highest BCUT2D eigenvalue weighted by molar-refractivity contribution is 5.72. The number of carbonyl (C=O) groups excluding carboxylic acids is 1. The standard InChI is InChI=1S/C56H107NO7/c1-57-49-44-52(45-50-57)55(62)64-51-41-40-48-56(63,46-38-34-30-26-22-18-14-10-6-2-4-8-12-16-20-24-28-32-36-42-53(58)59)47-39-35-31-27-23-19-15-11-7-3-5-9-13-17-21-25-29-33-37-43-54(60)61/h52,63H,2-51H2,1H3,(H,58,59)(H,60,61). The summed E-state index contributed by atoms with van der Waals surface area (Å²) in [6, 6.07) is 0. The molecule has 0 aromatic rings. The fraction of sp³-hybridized carbons (Fsp3) is 0.946. The van der Waals surface area contributed by atoms with Crippen LogP contribution >= 0.6 is 0 Å². The van der Waals surface area contributed by atoms with Crippen molar-refractivity contribution in [2.24, 2.45) is 5.92 Å². The number of esters is 1. The Balaban J connectivity index is 2.11. The third-order valence-corrected chi connectivity index (χ3v) is 14.4. The number of hydrogen-bond acceptors (Lipinski definition) is 6. The minimum Gasteiger partial charge on any atom is -0.481 e. The van der Waals surface area contributed by atoms with Crippen LogP contribution in [-0.2, 0) is 19.1 Å². The Kier molecular flexibility index (Phi) is 42.6. The largest absolute Gasteiger partial charge is 0.481 e. The zero-order valence-corrected chi connectivity index (χ0v) is 42.4. The Labute approximate surface area is 396 Å². The number of nitrogens with zero attached hydrogens (tertiary/aromatic N) is 1. The summed E-state index contributed by atoms with van der Waals surface area (Å²) >= 11 is 0. The average Bonchev–Trinajstić information content (AvgIpc) is 3.27. The molecular weight excluding hydrogens is 799 g/mol. The lowest BCUT2D eigenvalue weighted by molar-refractivity contribution is -0.150. The lowest BCUT2D eigenvalue weighted by Crippen LogP contribution is -2.34. The van der Waals surface area contributed by atoms with Crippen LogP contribution < -0.4 is 0 Å². The molecule has 1 heterocycles. The molecule has 3 N–H and O–H groups in total. The van der Waals surface area contributed by atoms with Crippen molar-refractivity contribution in [1.82, 2.24) is 4.90 Å². The fourth-order valence-electron chi connectivity index (χ4n) is 9.94. The van der Waals surface area contributed by atoms with Gasteiger partial charge in [-0.25, -0.2) is 0 Å². The zero-order valence-electron chi connectivity index (χ0n) is 42.4. The second kappa shape index (κ2) is 45.1. The summed E-state index contributed by atoms with van der Waals surface area (Å²) in [4.78, 5) is 36.0. The molecule has 0 aliphatic carbocycles. The van der Waals surface area contributed by atoms with Crippen LogP contribution in [0.15, 0.2) is 0 Å². The van der Waals surface area contributed by atoms with Gasteiger partial charge in [0.25, 0.3) is 0 Å². The molecule has 0 bridgehead atoms. The maximum absolute atomic E-state index is 12.6. The van der Waals surface area contributed by atoms with Crippen molar-refractivity contribution in [2.45, 2.75) is 307 Å². The molecule has 1 aliphatic rings. The van der Waals surface area contributed by atoms with Crippen molar-refractivity contribution >= 4 is 17.9 Å². The van der Waals surface area contributed by atoms with Gasteiger partial charge in [0.2, 0.25) is 0 Å². The van der Waals surface area contributed by atoms with Gasteiger partial charge in [-0.1, -0.05) is 231 Å². The van der Waals surface area contributed by atoms with E-state index >= 15 is 0 Å². The fourth-order valence-corrected chi connectivity index (χ4v) is 9.94. The maximum atomic E-state index is 12.6. The van der Waals surface area contributed by atoms with Gasteiger partial charge in [0.1, 0.15) is 0 Å². The van der Waals surface area contributed by atoms with E-state index in [1.807, 2.05) is 0 Å². The summed E-state index contributed by atoms with van der Waals surface area (Å²) < 4.78 is 5.69. The summed E-state index contributed by atoms with van der Waals surface area (Å²) in [7, 11) is 2.12. The minimum absolute atomic E-state index is 0.0142. The summed E-state index contributed by atoms with van der Waals surface area (Å²) in [6.45, 7) is 2.44. The van der Waals surface area contributed by atoms with Crippen LogP contribution in [0.5, 0.6) is 0 Å². The molecule has 0 saturated carbocycles. The Morgan fingerprint density at radius 3 is 0.906 bits per heavy atom. The van der Waals surface area contributed by atoms with Gasteiger partial charge in [0.05, 0.1) is 18.1 Å². The van der Waals surface area contributed by atoms with E-state index in [0.29, 0.717) is 19.4 Å². The first-order valence-electron chi connectivity index (χ1n) is 28.2. The van der Waals surface area contributed by atoms with E-state index in [-0.39, 0.29) is 11.9 Å². The number of piperidine rings is 1. The molecule has 0 radical (unpaired) electrons. The van der Waals surface area contributed by atoms with Crippen molar-refractivity contribution < 1.29 is 34.4 Å². The molecule has 0 aromatic carbocycles. The lowest BCUT2D eigenvalue weighted by Gasteiger charge is -2.29. The van der Waals surface area contributed by atoms with E-state index in [1.54, 1.807) is 0 Å². The molecule has 8 nitrogen and oxygen atoms in total. The topological polar surface area (TPSA) is 124 Å². The van der Waals surface area contributed by atoms with Gasteiger partial charge in [-0.15, -0.1) is 0 Å². The van der Waals surface area contributed by atoms with Crippen molar-refractivity contribution in [2.75, 3.05) is 26.7 Å². The summed E-state index contributed by atoms with van der Waals surface area (Å²) in [6.07, 6.45) is 55.4. The number of carbonyl (C=O) groups is 3. The molecule has 0 unspecified atom stereocenters. The second-order valence-corrected chi connectivity index (χ2v) is 20.6. The molecule has 1 saturated heterocycles. The number of aliphatic hydroxyl groups is 1. The van der Waals surface area contributed by atoms with Gasteiger partial charge in [0.15, 0.2) is 0 Å². The minimum atomic E-state index is -0.665. The van der Waals surface area contributed by atoms with Gasteiger partial charge in [-0.2, -0.15) is 0 Å². The Hall–Kier alpha value is -1.67. The Morgan fingerprint density at radius 2 is 0.641 bits per heavy atom. The highest BCUT2D eigenvalue weighted by Crippen LogP contribution is 2.29. The Morgan fingerprint density at radius 1 is 0.406 bits per heavy atom. The number of likely N-dealkylation sites (tertiary alicyclic amines) is 1. The van der Waals surface area contributed by atoms with Crippen LogP contribution in [-0.4, -0.2) is 70.5 Å². The predicted octanol–water partition coefficient (Wildman–Crippen LogP) is 16.3. The molecule has 64 heavy (non-hydrogen) atoms. The lowest BCUT2D eigenvalue weighted by atomic mass is 9.85. The molecule has 0 aromatic heterocycles. The molecule has 1 aliphatic heterocycles. The number of ether oxygens (including phenoxy) is 1. The van der Waals surface area contributed by atoms with E-state index in [9.17, 15) is 19.5 Å². The van der Waals surface area contributed by atoms with Crippen molar-refractivity contribution in [3.8, 4) is 0 Å². The van der Waals surface area contributed by atoms with Crippen LogP contribution in [0.2, 0.25) is 0 Å². The summed E-state index contributed by atoms with van der Waals surface area (Å²) in [5, 5.41) is 29.3. The van der Waals surface area contributed by atoms with Crippen molar-refractivity contribution in [1.29, 1.82) is 0 Å². The molecular formula is C56H107NO7. The highest BCUT2D eigenvalue weighted by atomic mass is 16.5. The van der Waals surface area contributed by atoms with Crippen LogP contribution in [0.25, 0.3) is 0 Å². The van der Waals surface area contributed by atoms with E-state index in [2.05, 4.69) is 11.9 Å². The van der Waals surface area contributed by atoms with Gasteiger partial charge in [0, 0.05) is 12.8 Å². The van der Waals surface area contributed by atoms with Gasteiger partial charge in [-0.05, 0) is 77.9 Å². The SMILES string of the molecule is CN1CCC(C(=O)OCCCCC(O)(CCCCCCCCCCCCCCCCCCCCCC(=O)O)CCCCCCCCCCCCCCCCCCCCCC(=O)O)CC1. The number of carboxylic acid groups (broad SMARTS) is 2. The van der Waals surface area contributed by atoms with Gasteiger partial charge in [-0.3, -0.25) is 14.4 Å². The Bertz CT molecular complexity index is 988. The van der Waals surface area contributed by atoms with E-state index in [0.717, 1.165) is 96.6 Å². The quantitative estimate of drug-likeness (QED) is 0.0407. The molecule has 0 amide bonds. The van der Waals surface area contributed by atoms with Crippen molar-refractivity contribution in [3.05, 3.63) is 0 Å². The first-order chi connectivity index (χ1) is 31.2. The number of unbranched alkanes of at least 4 members (excludes halogenated alkanes) is 37. The van der Waals surface area contributed by atoms with Crippen LogP contribution in [0.4, 0.5) is 0 Å².